The summed E-state index contributed by atoms with van der Waals surface area (Å²) in [7, 11) is 0. The van der Waals surface area contributed by atoms with E-state index in [0.717, 1.165) is 0 Å². The third kappa shape index (κ3) is 4.08. The molecule has 0 bridgehead atoms. The summed E-state index contributed by atoms with van der Waals surface area (Å²) in [5.41, 5.74) is 0.604. The molecule has 0 saturated heterocycles. The second-order valence-corrected chi connectivity index (χ2v) is 3.82. The van der Waals surface area contributed by atoms with Gasteiger partial charge in [-0.25, -0.2) is 0 Å². The molecule has 82 valence electrons. The number of aliphatic hydroxyl groups excluding tert-OH is 1. The Kier molecular flexibility index (Phi) is 4.88. The molecule has 0 aliphatic rings. The molecule has 0 aromatic heterocycles. The zero-order chi connectivity index (χ0) is 11.3. The fourth-order valence-corrected chi connectivity index (χ4v) is 1.34. The predicted octanol–water partition coefficient (Wildman–Crippen LogP) is 2.70. The third-order valence-corrected chi connectivity index (χ3v) is 2.50. The number of hydrogen-bond acceptors (Lipinski definition) is 2. The normalized spacial score (nSPS) is 10.1. The van der Waals surface area contributed by atoms with Gasteiger partial charge in [-0.3, -0.25) is 4.79 Å². The molecule has 2 N–H and O–H groups in total. The highest BCUT2D eigenvalue weighted by molar-refractivity contribution is 6.42. The van der Waals surface area contributed by atoms with E-state index in [4.69, 9.17) is 28.3 Å². The van der Waals surface area contributed by atoms with Crippen LogP contribution in [0, 0.1) is 0 Å². The van der Waals surface area contributed by atoms with E-state index >= 15 is 0 Å². The van der Waals surface area contributed by atoms with Crippen LogP contribution >= 0.6 is 23.2 Å². The first-order valence-electron chi connectivity index (χ1n) is 4.49. The van der Waals surface area contributed by atoms with Gasteiger partial charge in [0, 0.05) is 18.7 Å². The van der Waals surface area contributed by atoms with Crippen molar-refractivity contribution in [1.29, 1.82) is 0 Å². The van der Waals surface area contributed by atoms with Crippen LogP contribution in [-0.4, -0.2) is 17.6 Å². The second-order valence-electron chi connectivity index (χ2n) is 3.00. The number of amides is 1. The standard InChI is InChI=1S/C10H11Cl2NO2/c11-8-4-3-7(6-9(8)12)13-10(15)2-1-5-14/h3-4,6,14H,1-2,5H2,(H,13,15). The van der Waals surface area contributed by atoms with Crippen molar-refractivity contribution in [1.82, 2.24) is 0 Å². The van der Waals surface area contributed by atoms with Crippen molar-refractivity contribution < 1.29 is 9.90 Å². The highest BCUT2D eigenvalue weighted by Gasteiger charge is 2.03. The summed E-state index contributed by atoms with van der Waals surface area (Å²) in [5, 5.41) is 12.0. The second kappa shape index (κ2) is 5.95. The summed E-state index contributed by atoms with van der Waals surface area (Å²) in [6, 6.07) is 4.87. The van der Waals surface area contributed by atoms with E-state index in [2.05, 4.69) is 5.32 Å². The molecule has 0 aliphatic carbocycles. The predicted molar refractivity (Wildman–Crippen MR) is 61.4 cm³/mol. The number of carbonyl (C=O) groups excluding carboxylic acids is 1. The summed E-state index contributed by atoms with van der Waals surface area (Å²) in [4.78, 5) is 11.3. The van der Waals surface area contributed by atoms with Crippen LogP contribution in [0.3, 0.4) is 0 Å². The van der Waals surface area contributed by atoms with Crippen molar-refractivity contribution >= 4 is 34.8 Å². The maximum Gasteiger partial charge on any atom is 0.224 e. The van der Waals surface area contributed by atoms with Crippen LogP contribution in [0.4, 0.5) is 5.69 Å². The van der Waals surface area contributed by atoms with Gasteiger partial charge in [0.05, 0.1) is 10.0 Å². The van der Waals surface area contributed by atoms with Gasteiger partial charge in [-0.05, 0) is 24.6 Å². The maximum absolute atomic E-state index is 11.3. The Labute approximate surface area is 98.0 Å². The summed E-state index contributed by atoms with van der Waals surface area (Å²) in [5.74, 6) is -0.151. The van der Waals surface area contributed by atoms with Crippen molar-refractivity contribution in [3.05, 3.63) is 28.2 Å². The molecule has 0 atom stereocenters. The minimum absolute atomic E-state index is 0.00872. The fourth-order valence-electron chi connectivity index (χ4n) is 1.04. The van der Waals surface area contributed by atoms with Crippen molar-refractivity contribution in [2.24, 2.45) is 0 Å². The first-order valence-corrected chi connectivity index (χ1v) is 5.25. The van der Waals surface area contributed by atoms with Crippen LogP contribution < -0.4 is 5.32 Å². The van der Waals surface area contributed by atoms with Crippen LogP contribution in [0.1, 0.15) is 12.8 Å². The van der Waals surface area contributed by atoms with Crippen LogP contribution in [0.25, 0.3) is 0 Å². The minimum atomic E-state index is -0.151. The first-order chi connectivity index (χ1) is 7.13. The van der Waals surface area contributed by atoms with Gasteiger partial charge in [-0.15, -0.1) is 0 Å². The quantitative estimate of drug-likeness (QED) is 0.860. The van der Waals surface area contributed by atoms with E-state index < -0.39 is 0 Å². The topological polar surface area (TPSA) is 49.3 Å². The van der Waals surface area contributed by atoms with Gasteiger partial charge in [0.25, 0.3) is 0 Å². The molecular weight excluding hydrogens is 237 g/mol. The maximum atomic E-state index is 11.3. The van der Waals surface area contributed by atoms with Gasteiger partial charge in [0.2, 0.25) is 5.91 Å². The molecule has 0 spiro atoms. The number of hydrogen-bond donors (Lipinski definition) is 2. The number of carbonyl (C=O) groups is 1. The Balaban J connectivity index is 2.57. The summed E-state index contributed by atoms with van der Waals surface area (Å²) < 4.78 is 0. The summed E-state index contributed by atoms with van der Waals surface area (Å²) >= 11 is 11.5. The average Bonchev–Trinajstić information content (AvgIpc) is 2.20. The van der Waals surface area contributed by atoms with Crippen molar-refractivity contribution in [2.45, 2.75) is 12.8 Å². The van der Waals surface area contributed by atoms with Crippen LogP contribution in [0.2, 0.25) is 10.0 Å². The zero-order valence-corrected chi connectivity index (χ0v) is 9.48. The zero-order valence-electron chi connectivity index (χ0n) is 7.96. The van der Waals surface area contributed by atoms with Gasteiger partial charge in [-0.2, -0.15) is 0 Å². The fraction of sp³-hybridized carbons (Fsp3) is 0.300. The highest BCUT2D eigenvalue weighted by atomic mass is 35.5. The molecular formula is C10H11Cl2NO2. The number of halogens is 2. The molecule has 0 heterocycles. The Hall–Kier alpha value is -0.770. The molecule has 0 fully saturated rings. The van der Waals surface area contributed by atoms with Gasteiger partial charge in [0.1, 0.15) is 0 Å². The van der Waals surface area contributed by atoms with Crippen LogP contribution in [0.15, 0.2) is 18.2 Å². The number of anilines is 1. The molecule has 15 heavy (non-hydrogen) atoms. The lowest BCUT2D eigenvalue weighted by atomic mass is 10.2. The van der Waals surface area contributed by atoms with E-state index in [0.29, 0.717) is 22.2 Å². The van der Waals surface area contributed by atoms with Gasteiger partial charge in [0.15, 0.2) is 0 Å². The Morgan fingerprint density at radius 1 is 1.33 bits per heavy atom. The molecule has 0 unspecified atom stereocenters. The number of rotatable bonds is 4. The molecule has 0 radical (unpaired) electrons. The van der Waals surface area contributed by atoms with Gasteiger partial charge in [-0.1, -0.05) is 23.2 Å². The lowest BCUT2D eigenvalue weighted by Gasteiger charge is -2.05. The van der Waals surface area contributed by atoms with Crippen molar-refractivity contribution in [2.75, 3.05) is 11.9 Å². The third-order valence-electron chi connectivity index (χ3n) is 1.77. The largest absolute Gasteiger partial charge is 0.396 e. The molecule has 1 aromatic rings. The molecule has 1 amide bonds. The van der Waals surface area contributed by atoms with E-state index in [1.165, 1.54) is 0 Å². The lowest BCUT2D eigenvalue weighted by molar-refractivity contribution is -0.116. The molecule has 5 heteroatoms. The molecule has 0 aliphatic heterocycles. The summed E-state index contributed by atoms with van der Waals surface area (Å²) in [6.07, 6.45) is 0.740. The Bertz CT molecular complexity index is 355. The van der Waals surface area contributed by atoms with E-state index in [1.54, 1.807) is 18.2 Å². The van der Waals surface area contributed by atoms with Gasteiger partial charge >= 0.3 is 0 Å². The molecule has 1 aromatic carbocycles. The molecule has 3 nitrogen and oxygen atoms in total. The van der Waals surface area contributed by atoms with Crippen LogP contribution in [-0.2, 0) is 4.79 Å². The van der Waals surface area contributed by atoms with Crippen LogP contribution in [0.5, 0.6) is 0 Å². The smallest absolute Gasteiger partial charge is 0.224 e. The number of nitrogens with one attached hydrogen (secondary N) is 1. The lowest BCUT2D eigenvalue weighted by Crippen LogP contribution is -2.11. The Morgan fingerprint density at radius 3 is 2.67 bits per heavy atom. The molecule has 0 saturated carbocycles. The highest BCUT2D eigenvalue weighted by Crippen LogP contribution is 2.24. The molecule has 1 rings (SSSR count). The minimum Gasteiger partial charge on any atom is -0.396 e. The van der Waals surface area contributed by atoms with E-state index in [-0.39, 0.29) is 18.9 Å². The first kappa shape index (κ1) is 12.3. The number of benzene rings is 1. The van der Waals surface area contributed by atoms with E-state index in [1.807, 2.05) is 0 Å². The van der Waals surface area contributed by atoms with E-state index in [9.17, 15) is 4.79 Å². The van der Waals surface area contributed by atoms with Crippen molar-refractivity contribution in [3.63, 3.8) is 0 Å². The van der Waals surface area contributed by atoms with Gasteiger partial charge < -0.3 is 10.4 Å². The Morgan fingerprint density at radius 2 is 2.07 bits per heavy atom. The van der Waals surface area contributed by atoms with Crippen molar-refractivity contribution in [3.8, 4) is 0 Å². The SMILES string of the molecule is O=C(CCCO)Nc1ccc(Cl)c(Cl)c1. The number of aliphatic hydroxyl groups is 1. The monoisotopic (exact) mass is 247 g/mol. The average molecular weight is 248 g/mol. The summed E-state index contributed by atoms with van der Waals surface area (Å²) in [6.45, 7) is 0.00872.